The molecule has 0 saturated heterocycles. The summed E-state index contributed by atoms with van der Waals surface area (Å²) < 4.78 is 4.90. The molecule has 0 bridgehead atoms. The molecule has 16 heavy (non-hydrogen) atoms. The number of rotatable bonds is 6. The van der Waals surface area contributed by atoms with Crippen LogP contribution in [0.3, 0.4) is 0 Å². The van der Waals surface area contributed by atoms with Crippen LogP contribution in [0.1, 0.15) is 13.8 Å². The Morgan fingerprint density at radius 2 is 1.94 bits per heavy atom. The SMILES string of the molecule is COCCN(C(=O)N(C)CC(=O)O)C(C)C. The first kappa shape index (κ1) is 14.7. The van der Waals surface area contributed by atoms with Crippen molar-refractivity contribution < 1.29 is 19.4 Å². The summed E-state index contributed by atoms with van der Waals surface area (Å²) in [6.45, 7) is 4.35. The molecule has 0 aliphatic rings. The van der Waals surface area contributed by atoms with Crippen LogP contribution in [0.5, 0.6) is 0 Å². The Morgan fingerprint density at radius 1 is 1.38 bits per heavy atom. The molecular formula is C10H20N2O4. The van der Waals surface area contributed by atoms with Crippen molar-refractivity contribution in [1.82, 2.24) is 9.80 Å². The van der Waals surface area contributed by atoms with Crippen LogP contribution in [0.4, 0.5) is 4.79 Å². The summed E-state index contributed by atoms with van der Waals surface area (Å²) in [7, 11) is 3.03. The Hall–Kier alpha value is -1.30. The highest BCUT2D eigenvalue weighted by Crippen LogP contribution is 2.03. The van der Waals surface area contributed by atoms with Gasteiger partial charge in [-0.15, -0.1) is 0 Å². The van der Waals surface area contributed by atoms with Crippen molar-refractivity contribution in [2.45, 2.75) is 19.9 Å². The third-order valence-electron chi connectivity index (χ3n) is 2.10. The van der Waals surface area contributed by atoms with E-state index in [1.807, 2.05) is 13.8 Å². The third-order valence-corrected chi connectivity index (χ3v) is 2.10. The van der Waals surface area contributed by atoms with Gasteiger partial charge >= 0.3 is 12.0 Å². The van der Waals surface area contributed by atoms with Crippen LogP contribution >= 0.6 is 0 Å². The summed E-state index contributed by atoms with van der Waals surface area (Å²) in [4.78, 5) is 25.1. The van der Waals surface area contributed by atoms with Gasteiger partial charge in [0.15, 0.2) is 0 Å². The van der Waals surface area contributed by atoms with E-state index in [0.29, 0.717) is 13.2 Å². The molecule has 0 aromatic heterocycles. The quantitative estimate of drug-likeness (QED) is 0.723. The van der Waals surface area contributed by atoms with Crippen molar-refractivity contribution in [2.24, 2.45) is 0 Å². The zero-order valence-corrected chi connectivity index (χ0v) is 10.3. The van der Waals surface area contributed by atoms with Gasteiger partial charge in [-0.2, -0.15) is 0 Å². The highest BCUT2D eigenvalue weighted by molar-refractivity contribution is 5.80. The van der Waals surface area contributed by atoms with Gasteiger partial charge in [-0.3, -0.25) is 4.79 Å². The fourth-order valence-electron chi connectivity index (χ4n) is 1.25. The van der Waals surface area contributed by atoms with Crippen molar-refractivity contribution in [3.8, 4) is 0 Å². The lowest BCUT2D eigenvalue weighted by molar-refractivity contribution is -0.137. The van der Waals surface area contributed by atoms with Crippen molar-refractivity contribution in [1.29, 1.82) is 0 Å². The topological polar surface area (TPSA) is 70.1 Å². The zero-order valence-electron chi connectivity index (χ0n) is 10.3. The molecule has 0 saturated carbocycles. The van der Waals surface area contributed by atoms with Gasteiger partial charge in [0.1, 0.15) is 6.54 Å². The van der Waals surface area contributed by atoms with Gasteiger partial charge in [0.05, 0.1) is 6.61 Å². The number of carboxylic acid groups (broad SMARTS) is 1. The maximum atomic E-state index is 11.9. The minimum absolute atomic E-state index is 0.0129. The van der Waals surface area contributed by atoms with Crippen molar-refractivity contribution in [2.75, 3.05) is 33.9 Å². The van der Waals surface area contributed by atoms with E-state index in [9.17, 15) is 9.59 Å². The van der Waals surface area contributed by atoms with Crippen LogP contribution in [0.2, 0.25) is 0 Å². The number of nitrogens with zero attached hydrogens (tertiary/aromatic N) is 2. The van der Waals surface area contributed by atoms with Gasteiger partial charge in [0, 0.05) is 26.7 Å². The summed E-state index contributed by atoms with van der Waals surface area (Å²) in [6.07, 6.45) is 0. The molecule has 6 nitrogen and oxygen atoms in total. The van der Waals surface area contributed by atoms with E-state index >= 15 is 0 Å². The molecule has 1 N–H and O–H groups in total. The van der Waals surface area contributed by atoms with Crippen molar-refractivity contribution in [3.05, 3.63) is 0 Å². The Labute approximate surface area is 95.8 Å². The molecule has 0 radical (unpaired) electrons. The maximum Gasteiger partial charge on any atom is 0.323 e. The monoisotopic (exact) mass is 232 g/mol. The minimum atomic E-state index is -1.02. The average molecular weight is 232 g/mol. The Balaban J connectivity index is 4.41. The number of hydrogen-bond acceptors (Lipinski definition) is 3. The van der Waals surface area contributed by atoms with Gasteiger partial charge in [-0.1, -0.05) is 0 Å². The van der Waals surface area contributed by atoms with Crippen LogP contribution in [-0.4, -0.2) is 66.8 Å². The number of likely N-dealkylation sites (N-methyl/N-ethyl adjacent to an activating group) is 1. The summed E-state index contributed by atoms with van der Waals surface area (Å²) in [5.74, 6) is -1.02. The Bertz CT molecular complexity index is 243. The molecule has 0 aromatic carbocycles. The van der Waals surface area contributed by atoms with E-state index in [0.717, 1.165) is 0 Å². The zero-order chi connectivity index (χ0) is 12.7. The first-order valence-electron chi connectivity index (χ1n) is 5.12. The first-order chi connectivity index (χ1) is 7.40. The van der Waals surface area contributed by atoms with Crippen molar-refractivity contribution in [3.63, 3.8) is 0 Å². The number of aliphatic carboxylic acids is 1. The number of urea groups is 1. The summed E-state index contributed by atoms with van der Waals surface area (Å²) in [5, 5.41) is 8.59. The lowest BCUT2D eigenvalue weighted by atomic mass is 10.3. The second kappa shape index (κ2) is 7.05. The smallest absolute Gasteiger partial charge is 0.323 e. The number of methoxy groups -OCH3 is 1. The predicted octanol–water partition coefficient (Wildman–Crippen LogP) is 0.480. The highest BCUT2D eigenvalue weighted by atomic mass is 16.5. The largest absolute Gasteiger partial charge is 0.480 e. The van der Waals surface area contributed by atoms with Gasteiger partial charge < -0.3 is 19.6 Å². The maximum absolute atomic E-state index is 11.9. The summed E-state index contributed by atoms with van der Waals surface area (Å²) >= 11 is 0. The summed E-state index contributed by atoms with van der Waals surface area (Å²) in [6, 6.07) is -0.284. The van der Waals surface area contributed by atoms with Crippen molar-refractivity contribution >= 4 is 12.0 Å². The van der Waals surface area contributed by atoms with Crippen LogP contribution in [-0.2, 0) is 9.53 Å². The van der Waals surface area contributed by atoms with Gasteiger partial charge in [0.25, 0.3) is 0 Å². The average Bonchev–Trinajstić information content (AvgIpc) is 2.16. The van der Waals surface area contributed by atoms with E-state index in [1.165, 1.54) is 11.9 Å². The van der Waals surface area contributed by atoms with Crippen LogP contribution < -0.4 is 0 Å². The molecule has 0 fully saturated rings. The number of amides is 2. The fraction of sp³-hybridized carbons (Fsp3) is 0.800. The number of carboxylic acids is 1. The fourth-order valence-corrected chi connectivity index (χ4v) is 1.25. The third kappa shape index (κ3) is 4.97. The minimum Gasteiger partial charge on any atom is -0.480 e. The Kier molecular flexibility index (Phi) is 6.48. The number of carbonyl (C=O) groups is 2. The molecule has 0 heterocycles. The first-order valence-corrected chi connectivity index (χ1v) is 5.12. The van der Waals surface area contributed by atoms with E-state index in [4.69, 9.17) is 9.84 Å². The molecule has 0 unspecified atom stereocenters. The Morgan fingerprint density at radius 3 is 2.31 bits per heavy atom. The van der Waals surface area contributed by atoms with E-state index in [1.54, 1.807) is 12.0 Å². The van der Waals surface area contributed by atoms with Gasteiger partial charge in [0.2, 0.25) is 0 Å². The molecule has 2 amide bonds. The van der Waals surface area contributed by atoms with Crippen LogP contribution in [0.15, 0.2) is 0 Å². The number of ether oxygens (including phenoxy) is 1. The molecule has 0 aromatic rings. The van der Waals surface area contributed by atoms with E-state index in [2.05, 4.69) is 0 Å². The second-order valence-corrected chi connectivity index (χ2v) is 3.81. The molecule has 0 spiro atoms. The number of carbonyl (C=O) groups excluding carboxylic acids is 1. The summed E-state index contributed by atoms with van der Waals surface area (Å²) in [5.41, 5.74) is 0. The van der Waals surface area contributed by atoms with Crippen LogP contribution in [0.25, 0.3) is 0 Å². The molecule has 6 heteroatoms. The standard InChI is InChI=1S/C10H20N2O4/c1-8(2)12(5-6-16-4)10(15)11(3)7-9(13)14/h8H,5-7H2,1-4H3,(H,13,14). The lowest BCUT2D eigenvalue weighted by Gasteiger charge is -2.30. The molecular weight excluding hydrogens is 212 g/mol. The van der Waals surface area contributed by atoms with Crippen LogP contribution in [0, 0.1) is 0 Å². The molecule has 0 rings (SSSR count). The molecule has 0 atom stereocenters. The number of hydrogen-bond donors (Lipinski definition) is 1. The van der Waals surface area contributed by atoms with Gasteiger partial charge in [-0.05, 0) is 13.8 Å². The lowest BCUT2D eigenvalue weighted by Crippen LogP contribution is -2.47. The molecule has 0 aliphatic carbocycles. The molecule has 0 aliphatic heterocycles. The highest BCUT2D eigenvalue weighted by Gasteiger charge is 2.21. The second-order valence-electron chi connectivity index (χ2n) is 3.81. The van der Waals surface area contributed by atoms with E-state index < -0.39 is 5.97 Å². The van der Waals surface area contributed by atoms with E-state index in [-0.39, 0.29) is 18.6 Å². The normalized spacial score (nSPS) is 10.3. The predicted molar refractivity (Wildman–Crippen MR) is 59.4 cm³/mol. The van der Waals surface area contributed by atoms with Gasteiger partial charge in [-0.25, -0.2) is 4.79 Å². The molecule has 94 valence electrons.